The molecule has 0 aliphatic heterocycles. The maximum atomic E-state index is 12.5. The van der Waals surface area contributed by atoms with Crippen molar-refractivity contribution < 1.29 is 9.53 Å². The van der Waals surface area contributed by atoms with Crippen molar-refractivity contribution in [3.05, 3.63) is 62.6 Å². The Balaban J connectivity index is 2.44. The molecule has 0 aliphatic rings. The van der Waals surface area contributed by atoms with Crippen molar-refractivity contribution in [3.8, 4) is 5.75 Å². The van der Waals surface area contributed by atoms with Crippen LogP contribution in [0.1, 0.15) is 21.5 Å². The first-order valence-corrected chi connectivity index (χ1v) is 6.84. The molecule has 4 heteroatoms. The molecule has 0 amide bonds. The summed E-state index contributed by atoms with van der Waals surface area (Å²) in [5, 5.41) is 0.431. The molecular formula is C15H12BrClO2. The lowest BCUT2D eigenvalue weighted by molar-refractivity contribution is 0.103. The van der Waals surface area contributed by atoms with E-state index in [1.54, 1.807) is 25.3 Å². The van der Waals surface area contributed by atoms with Gasteiger partial charge < -0.3 is 4.74 Å². The monoisotopic (exact) mass is 338 g/mol. The fourth-order valence-electron chi connectivity index (χ4n) is 1.80. The molecule has 19 heavy (non-hydrogen) atoms. The van der Waals surface area contributed by atoms with Crippen LogP contribution in [0.5, 0.6) is 5.75 Å². The maximum Gasteiger partial charge on any atom is 0.193 e. The summed E-state index contributed by atoms with van der Waals surface area (Å²) >= 11 is 9.42. The van der Waals surface area contributed by atoms with Crippen molar-refractivity contribution >= 4 is 33.3 Å². The molecule has 2 aromatic carbocycles. The molecule has 0 spiro atoms. The first-order valence-electron chi connectivity index (χ1n) is 5.67. The van der Waals surface area contributed by atoms with Crippen molar-refractivity contribution in [2.45, 2.75) is 6.92 Å². The van der Waals surface area contributed by atoms with E-state index in [0.717, 1.165) is 10.0 Å². The highest BCUT2D eigenvalue weighted by Crippen LogP contribution is 2.27. The van der Waals surface area contributed by atoms with E-state index in [-0.39, 0.29) is 5.78 Å². The molecule has 0 saturated carbocycles. The summed E-state index contributed by atoms with van der Waals surface area (Å²) in [6, 6.07) is 10.7. The molecule has 0 radical (unpaired) electrons. The summed E-state index contributed by atoms with van der Waals surface area (Å²) in [5.41, 5.74) is 2.14. The Morgan fingerprint density at radius 3 is 2.58 bits per heavy atom. The second kappa shape index (κ2) is 5.76. The Hall–Kier alpha value is -1.32. The number of ketones is 1. The predicted octanol–water partition coefficient (Wildman–Crippen LogP) is 4.65. The second-order valence-electron chi connectivity index (χ2n) is 4.14. The lowest BCUT2D eigenvalue weighted by atomic mass is 9.99. The van der Waals surface area contributed by atoms with Crippen LogP contribution in [0.2, 0.25) is 5.02 Å². The molecule has 0 aromatic heterocycles. The minimum absolute atomic E-state index is 0.0525. The Morgan fingerprint density at radius 1 is 1.21 bits per heavy atom. The van der Waals surface area contributed by atoms with E-state index in [0.29, 0.717) is 21.9 Å². The van der Waals surface area contributed by atoms with Crippen LogP contribution in [0.3, 0.4) is 0 Å². The number of methoxy groups -OCH3 is 1. The summed E-state index contributed by atoms with van der Waals surface area (Å²) in [6.45, 7) is 1.91. The standard InChI is InChI=1S/C15H12BrClO2/c1-9-3-5-11(16)8-12(9)15(18)10-4-6-14(19-2)13(17)7-10/h3-8H,1-2H3. The molecule has 2 nitrogen and oxygen atoms in total. The van der Waals surface area contributed by atoms with Gasteiger partial charge in [0.1, 0.15) is 5.75 Å². The van der Waals surface area contributed by atoms with Gasteiger partial charge in [-0.1, -0.05) is 33.6 Å². The molecule has 98 valence electrons. The van der Waals surface area contributed by atoms with Crippen molar-refractivity contribution in [2.24, 2.45) is 0 Å². The number of ether oxygens (including phenoxy) is 1. The van der Waals surface area contributed by atoms with E-state index in [1.165, 1.54) is 0 Å². The Labute approximate surface area is 125 Å². The Morgan fingerprint density at radius 2 is 1.95 bits per heavy atom. The summed E-state index contributed by atoms with van der Waals surface area (Å²) in [6.07, 6.45) is 0. The fourth-order valence-corrected chi connectivity index (χ4v) is 2.42. The van der Waals surface area contributed by atoms with Gasteiger partial charge in [0.2, 0.25) is 0 Å². The van der Waals surface area contributed by atoms with Gasteiger partial charge >= 0.3 is 0 Å². The minimum atomic E-state index is -0.0525. The highest BCUT2D eigenvalue weighted by atomic mass is 79.9. The zero-order valence-corrected chi connectivity index (χ0v) is 12.9. The van der Waals surface area contributed by atoms with Crippen LogP contribution < -0.4 is 4.74 Å². The van der Waals surface area contributed by atoms with Crippen LogP contribution in [-0.2, 0) is 0 Å². The van der Waals surface area contributed by atoms with Crippen LogP contribution in [0.4, 0.5) is 0 Å². The maximum absolute atomic E-state index is 12.5. The molecule has 2 rings (SSSR count). The number of carbonyl (C=O) groups excluding carboxylic acids is 1. The molecule has 0 fully saturated rings. The molecule has 0 N–H and O–H groups in total. The summed E-state index contributed by atoms with van der Waals surface area (Å²) in [4.78, 5) is 12.5. The Bertz CT molecular complexity index is 638. The molecule has 0 aliphatic carbocycles. The van der Waals surface area contributed by atoms with E-state index >= 15 is 0 Å². The molecule has 0 unspecified atom stereocenters. The number of benzene rings is 2. The summed E-state index contributed by atoms with van der Waals surface area (Å²) < 4.78 is 5.95. The number of hydrogen-bond donors (Lipinski definition) is 0. The van der Waals surface area contributed by atoms with Gasteiger partial charge in [0, 0.05) is 15.6 Å². The van der Waals surface area contributed by atoms with E-state index < -0.39 is 0 Å². The highest BCUT2D eigenvalue weighted by Gasteiger charge is 2.14. The zero-order valence-electron chi connectivity index (χ0n) is 10.5. The average Bonchev–Trinajstić information content (AvgIpc) is 2.40. The predicted molar refractivity (Wildman–Crippen MR) is 80.3 cm³/mol. The smallest absolute Gasteiger partial charge is 0.193 e. The largest absolute Gasteiger partial charge is 0.495 e. The quantitative estimate of drug-likeness (QED) is 0.761. The van der Waals surface area contributed by atoms with Gasteiger partial charge in [-0.05, 0) is 42.8 Å². The van der Waals surface area contributed by atoms with Gasteiger partial charge in [-0.25, -0.2) is 0 Å². The number of aryl methyl sites for hydroxylation is 1. The van der Waals surface area contributed by atoms with Crippen LogP contribution in [0.15, 0.2) is 40.9 Å². The van der Waals surface area contributed by atoms with Gasteiger partial charge in [-0.3, -0.25) is 4.79 Å². The van der Waals surface area contributed by atoms with Crippen LogP contribution in [0.25, 0.3) is 0 Å². The summed E-state index contributed by atoms with van der Waals surface area (Å²) in [7, 11) is 1.54. The first-order chi connectivity index (χ1) is 9.02. The third kappa shape index (κ3) is 2.99. The van der Waals surface area contributed by atoms with Crippen LogP contribution in [0, 0.1) is 6.92 Å². The summed E-state index contributed by atoms with van der Waals surface area (Å²) in [5.74, 6) is 0.507. The molecule has 0 bridgehead atoms. The van der Waals surface area contributed by atoms with Gasteiger partial charge in [0.25, 0.3) is 0 Å². The van der Waals surface area contributed by atoms with Crippen molar-refractivity contribution in [1.82, 2.24) is 0 Å². The number of halogens is 2. The lowest BCUT2D eigenvalue weighted by Crippen LogP contribution is -2.04. The average molecular weight is 340 g/mol. The van der Waals surface area contributed by atoms with E-state index in [2.05, 4.69) is 15.9 Å². The highest BCUT2D eigenvalue weighted by molar-refractivity contribution is 9.10. The van der Waals surface area contributed by atoms with E-state index in [4.69, 9.17) is 16.3 Å². The van der Waals surface area contributed by atoms with Crippen LogP contribution in [-0.4, -0.2) is 12.9 Å². The molecule has 0 saturated heterocycles. The fraction of sp³-hybridized carbons (Fsp3) is 0.133. The third-order valence-corrected chi connectivity index (χ3v) is 3.65. The third-order valence-electron chi connectivity index (χ3n) is 2.86. The molecular weight excluding hydrogens is 328 g/mol. The minimum Gasteiger partial charge on any atom is -0.495 e. The van der Waals surface area contributed by atoms with Gasteiger partial charge in [-0.15, -0.1) is 0 Å². The Kier molecular flexibility index (Phi) is 4.27. The van der Waals surface area contributed by atoms with Gasteiger partial charge in [0.05, 0.1) is 12.1 Å². The second-order valence-corrected chi connectivity index (χ2v) is 5.46. The van der Waals surface area contributed by atoms with Gasteiger partial charge in [0.15, 0.2) is 5.78 Å². The normalized spacial score (nSPS) is 10.3. The van der Waals surface area contributed by atoms with Gasteiger partial charge in [-0.2, -0.15) is 0 Å². The van der Waals surface area contributed by atoms with Crippen molar-refractivity contribution in [1.29, 1.82) is 0 Å². The lowest BCUT2D eigenvalue weighted by Gasteiger charge is -2.08. The van der Waals surface area contributed by atoms with Crippen LogP contribution >= 0.6 is 27.5 Å². The van der Waals surface area contributed by atoms with Crippen molar-refractivity contribution in [2.75, 3.05) is 7.11 Å². The topological polar surface area (TPSA) is 26.3 Å². The first kappa shape index (κ1) is 14.1. The van der Waals surface area contributed by atoms with E-state index in [9.17, 15) is 4.79 Å². The molecule has 0 atom stereocenters. The zero-order chi connectivity index (χ0) is 14.0. The SMILES string of the molecule is COc1ccc(C(=O)c2cc(Br)ccc2C)cc1Cl. The molecule has 0 heterocycles. The number of hydrogen-bond acceptors (Lipinski definition) is 2. The van der Waals surface area contributed by atoms with Crippen molar-refractivity contribution in [3.63, 3.8) is 0 Å². The number of carbonyl (C=O) groups is 1. The molecule has 2 aromatic rings. The van der Waals surface area contributed by atoms with E-state index in [1.807, 2.05) is 25.1 Å². The number of rotatable bonds is 3.